The van der Waals surface area contributed by atoms with E-state index < -0.39 is 60.2 Å². The van der Waals surface area contributed by atoms with E-state index in [2.05, 4.69) is 15.6 Å². The van der Waals surface area contributed by atoms with E-state index in [4.69, 9.17) is 15.9 Å². The highest BCUT2D eigenvalue weighted by atomic mass is 16.4. The zero-order chi connectivity index (χ0) is 24.7. The summed E-state index contributed by atoms with van der Waals surface area (Å²) < 4.78 is 0. The number of nitrogens with two attached hydrogens (primary N) is 1. The van der Waals surface area contributed by atoms with Gasteiger partial charge < -0.3 is 36.9 Å². The summed E-state index contributed by atoms with van der Waals surface area (Å²) in [6.45, 7) is 2.70. The average molecular weight is 461 g/mol. The maximum Gasteiger partial charge on any atom is 0.326 e. The van der Waals surface area contributed by atoms with Crippen molar-refractivity contribution >= 4 is 40.6 Å². The summed E-state index contributed by atoms with van der Waals surface area (Å²) in [5.74, 6) is -5.07. The molecule has 0 saturated heterocycles. The smallest absolute Gasteiger partial charge is 0.326 e. The summed E-state index contributed by atoms with van der Waals surface area (Å²) >= 11 is 0. The Hall–Kier alpha value is -3.93. The quantitative estimate of drug-likeness (QED) is 0.223. The molecule has 4 unspecified atom stereocenters. The molecule has 2 rings (SSSR count). The first-order chi connectivity index (χ1) is 15.5. The Bertz CT molecular complexity index is 1050. The molecule has 2 aromatic rings. The van der Waals surface area contributed by atoms with Gasteiger partial charge in [-0.2, -0.15) is 0 Å². The SMILES string of the molecule is CC(NC(=O)C(N)Cc1c[nH]c2ccccc12)C(=O)NC(C)C(=O)NC(CC(=O)O)C(=O)O. The summed E-state index contributed by atoms with van der Waals surface area (Å²) in [7, 11) is 0. The standard InChI is InChI=1S/C21H27N5O7/c1-10(18(29)24-11(2)19(30)26-16(21(32)33)8-17(27)28)25-20(31)14(22)7-12-9-23-15-6-4-3-5-13(12)15/h3-6,9-11,14,16,23H,7-8,22H2,1-2H3,(H,24,29)(H,25,31)(H,26,30)(H,27,28)(H,32,33). The molecule has 3 amide bonds. The Morgan fingerprint density at radius 1 is 0.939 bits per heavy atom. The van der Waals surface area contributed by atoms with Gasteiger partial charge in [0, 0.05) is 17.1 Å². The normalized spacial score (nSPS) is 14.5. The molecule has 0 radical (unpaired) electrons. The lowest BCUT2D eigenvalue weighted by Crippen LogP contribution is -2.55. The minimum absolute atomic E-state index is 0.239. The van der Waals surface area contributed by atoms with E-state index >= 15 is 0 Å². The van der Waals surface area contributed by atoms with Crippen molar-refractivity contribution in [3.8, 4) is 0 Å². The second-order valence-corrected chi connectivity index (χ2v) is 7.63. The molecule has 4 atom stereocenters. The summed E-state index contributed by atoms with van der Waals surface area (Å²) in [4.78, 5) is 61.8. The van der Waals surface area contributed by atoms with Gasteiger partial charge in [-0.25, -0.2) is 4.79 Å². The molecule has 0 spiro atoms. The molecule has 0 aliphatic rings. The van der Waals surface area contributed by atoms with Crippen LogP contribution >= 0.6 is 0 Å². The highest BCUT2D eigenvalue weighted by Crippen LogP contribution is 2.18. The van der Waals surface area contributed by atoms with Crippen molar-refractivity contribution < 1.29 is 34.2 Å². The fourth-order valence-corrected chi connectivity index (χ4v) is 3.09. The number of rotatable bonds is 11. The molecule has 8 N–H and O–H groups in total. The molecule has 12 nitrogen and oxygen atoms in total. The van der Waals surface area contributed by atoms with Crippen molar-refractivity contribution in [2.45, 2.75) is 50.9 Å². The molecular formula is C21H27N5O7. The Morgan fingerprint density at radius 3 is 2.12 bits per heavy atom. The van der Waals surface area contributed by atoms with Crippen LogP contribution in [-0.4, -0.2) is 69.0 Å². The van der Waals surface area contributed by atoms with Crippen LogP contribution in [0.5, 0.6) is 0 Å². The zero-order valence-corrected chi connectivity index (χ0v) is 18.1. The molecule has 1 heterocycles. The van der Waals surface area contributed by atoms with E-state index in [1.54, 1.807) is 6.20 Å². The van der Waals surface area contributed by atoms with Crippen molar-refractivity contribution in [2.75, 3.05) is 0 Å². The van der Waals surface area contributed by atoms with Crippen LogP contribution in [0, 0.1) is 0 Å². The number of carbonyl (C=O) groups is 5. The molecule has 1 aromatic carbocycles. The molecule has 12 heteroatoms. The van der Waals surface area contributed by atoms with E-state index in [0.717, 1.165) is 16.5 Å². The zero-order valence-electron chi connectivity index (χ0n) is 18.1. The monoisotopic (exact) mass is 461 g/mol. The number of carboxylic acid groups (broad SMARTS) is 2. The predicted octanol–water partition coefficient (Wildman–Crippen LogP) is -0.909. The summed E-state index contributed by atoms with van der Waals surface area (Å²) in [5.41, 5.74) is 7.76. The van der Waals surface area contributed by atoms with Gasteiger partial charge >= 0.3 is 11.9 Å². The van der Waals surface area contributed by atoms with Crippen LogP contribution in [0.25, 0.3) is 10.9 Å². The Balaban J connectivity index is 1.88. The summed E-state index contributed by atoms with van der Waals surface area (Å²) in [6.07, 6.45) is 1.19. The van der Waals surface area contributed by atoms with Gasteiger partial charge in [0.05, 0.1) is 12.5 Å². The molecule has 178 valence electrons. The van der Waals surface area contributed by atoms with Crippen molar-refractivity contribution in [1.82, 2.24) is 20.9 Å². The van der Waals surface area contributed by atoms with Gasteiger partial charge in [0.25, 0.3) is 0 Å². The van der Waals surface area contributed by atoms with Crippen molar-refractivity contribution in [3.05, 3.63) is 36.0 Å². The van der Waals surface area contributed by atoms with Gasteiger partial charge in [0.1, 0.15) is 18.1 Å². The van der Waals surface area contributed by atoms with Gasteiger partial charge in [-0.3, -0.25) is 19.2 Å². The number of hydrogen-bond donors (Lipinski definition) is 7. The largest absolute Gasteiger partial charge is 0.481 e. The van der Waals surface area contributed by atoms with Gasteiger partial charge in [-0.15, -0.1) is 0 Å². The Kier molecular flexibility index (Phi) is 8.51. The van der Waals surface area contributed by atoms with E-state index in [0.29, 0.717) is 0 Å². The number of fused-ring (bicyclic) bond motifs is 1. The minimum atomic E-state index is -1.64. The number of para-hydroxylation sites is 1. The fourth-order valence-electron chi connectivity index (χ4n) is 3.09. The van der Waals surface area contributed by atoms with Gasteiger partial charge in [0.15, 0.2) is 0 Å². The van der Waals surface area contributed by atoms with Gasteiger partial charge in [-0.05, 0) is 31.9 Å². The maximum absolute atomic E-state index is 12.4. The van der Waals surface area contributed by atoms with Gasteiger partial charge in [-0.1, -0.05) is 18.2 Å². The minimum Gasteiger partial charge on any atom is -0.481 e. The number of nitrogens with one attached hydrogen (secondary N) is 4. The van der Waals surface area contributed by atoms with Crippen LogP contribution in [0.15, 0.2) is 30.5 Å². The molecular weight excluding hydrogens is 434 g/mol. The number of hydrogen-bond acceptors (Lipinski definition) is 6. The molecule has 0 bridgehead atoms. The number of aliphatic carboxylic acids is 2. The third kappa shape index (κ3) is 7.04. The molecule has 33 heavy (non-hydrogen) atoms. The van der Waals surface area contributed by atoms with Crippen molar-refractivity contribution in [3.63, 3.8) is 0 Å². The highest BCUT2D eigenvalue weighted by molar-refractivity contribution is 5.94. The highest BCUT2D eigenvalue weighted by Gasteiger charge is 2.27. The molecule has 0 aliphatic carbocycles. The summed E-state index contributed by atoms with van der Waals surface area (Å²) in [6, 6.07) is 2.78. The van der Waals surface area contributed by atoms with Crippen LogP contribution in [0.4, 0.5) is 0 Å². The number of aromatic amines is 1. The lowest BCUT2D eigenvalue weighted by molar-refractivity contribution is -0.147. The van der Waals surface area contributed by atoms with Crippen LogP contribution in [0.1, 0.15) is 25.8 Å². The van der Waals surface area contributed by atoms with E-state index in [1.807, 2.05) is 29.6 Å². The molecule has 0 fully saturated rings. The second-order valence-electron chi connectivity index (χ2n) is 7.63. The van der Waals surface area contributed by atoms with E-state index in [9.17, 15) is 24.0 Å². The lowest BCUT2D eigenvalue weighted by Gasteiger charge is -2.21. The number of carboxylic acids is 2. The first-order valence-corrected chi connectivity index (χ1v) is 10.2. The Labute approximate surface area is 188 Å². The fraction of sp³-hybridized carbons (Fsp3) is 0.381. The van der Waals surface area contributed by atoms with Crippen LogP contribution in [0.3, 0.4) is 0 Å². The first kappa shape index (κ1) is 25.3. The van der Waals surface area contributed by atoms with Crippen molar-refractivity contribution in [2.24, 2.45) is 5.73 Å². The number of aromatic nitrogens is 1. The Morgan fingerprint density at radius 2 is 1.52 bits per heavy atom. The average Bonchev–Trinajstić information content (AvgIpc) is 3.15. The van der Waals surface area contributed by atoms with Crippen LogP contribution in [-0.2, 0) is 30.4 Å². The van der Waals surface area contributed by atoms with Crippen LogP contribution in [0.2, 0.25) is 0 Å². The third-order valence-electron chi connectivity index (χ3n) is 4.95. The molecule has 0 saturated carbocycles. The number of H-pyrrole nitrogens is 1. The number of carbonyl (C=O) groups excluding carboxylic acids is 3. The second kappa shape index (κ2) is 11.1. The number of amides is 3. The summed E-state index contributed by atoms with van der Waals surface area (Å²) in [5, 5.41) is 25.5. The third-order valence-corrected chi connectivity index (χ3v) is 4.95. The predicted molar refractivity (Wildman–Crippen MR) is 117 cm³/mol. The molecule has 1 aromatic heterocycles. The van der Waals surface area contributed by atoms with Crippen molar-refractivity contribution in [1.29, 1.82) is 0 Å². The first-order valence-electron chi connectivity index (χ1n) is 10.2. The lowest BCUT2D eigenvalue weighted by atomic mass is 10.0. The van der Waals surface area contributed by atoms with Crippen LogP contribution < -0.4 is 21.7 Å². The van der Waals surface area contributed by atoms with E-state index in [1.165, 1.54) is 13.8 Å². The number of benzene rings is 1. The maximum atomic E-state index is 12.4. The van der Waals surface area contributed by atoms with Gasteiger partial charge in [0.2, 0.25) is 17.7 Å². The molecule has 0 aliphatic heterocycles. The topological polar surface area (TPSA) is 204 Å². The van der Waals surface area contributed by atoms with E-state index in [-0.39, 0.29) is 6.42 Å².